The number of fused-ring (bicyclic) bond motifs is 1. The fourth-order valence-electron chi connectivity index (χ4n) is 2.66. The van der Waals surface area contributed by atoms with Gasteiger partial charge in [-0.15, -0.1) is 0 Å². The number of ether oxygens (including phenoxy) is 1. The SMILES string of the molecule is Cc1oc(CNC(=O)[C@H]2COc3ccccc3C2)cc1C(=O)O. The summed E-state index contributed by atoms with van der Waals surface area (Å²) in [5.74, 6) is 0.137. The molecule has 1 aromatic heterocycles. The van der Waals surface area contributed by atoms with Crippen LogP contribution in [0.15, 0.2) is 34.7 Å². The van der Waals surface area contributed by atoms with Gasteiger partial charge < -0.3 is 19.6 Å². The topological polar surface area (TPSA) is 88.8 Å². The highest BCUT2D eigenvalue weighted by Gasteiger charge is 2.26. The highest BCUT2D eigenvalue weighted by atomic mass is 16.5. The van der Waals surface area contributed by atoms with Crippen LogP contribution in [0, 0.1) is 12.8 Å². The third kappa shape index (κ3) is 3.21. The van der Waals surface area contributed by atoms with Crippen LogP contribution in [0.4, 0.5) is 0 Å². The number of carboxylic acids is 1. The number of benzene rings is 1. The van der Waals surface area contributed by atoms with Crippen LogP contribution in [-0.2, 0) is 17.8 Å². The van der Waals surface area contributed by atoms with Gasteiger partial charge in [0.2, 0.25) is 5.91 Å². The Balaban J connectivity index is 1.60. The van der Waals surface area contributed by atoms with Crippen molar-refractivity contribution in [2.45, 2.75) is 19.9 Å². The summed E-state index contributed by atoms with van der Waals surface area (Å²) in [6.45, 7) is 2.08. The molecule has 0 saturated carbocycles. The molecule has 0 aliphatic carbocycles. The molecule has 6 nitrogen and oxygen atoms in total. The number of hydrogen-bond acceptors (Lipinski definition) is 4. The summed E-state index contributed by atoms with van der Waals surface area (Å²) in [6, 6.07) is 9.09. The van der Waals surface area contributed by atoms with Gasteiger partial charge in [-0.1, -0.05) is 18.2 Å². The zero-order valence-corrected chi connectivity index (χ0v) is 12.7. The van der Waals surface area contributed by atoms with Gasteiger partial charge in [0.15, 0.2) is 0 Å². The van der Waals surface area contributed by atoms with Crippen LogP contribution >= 0.6 is 0 Å². The smallest absolute Gasteiger partial charge is 0.339 e. The molecule has 23 heavy (non-hydrogen) atoms. The predicted octanol–water partition coefficient (Wildman–Crippen LogP) is 2.15. The molecule has 1 aromatic carbocycles. The zero-order chi connectivity index (χ0) is 16.4. The maximum atomic E-state index is 12.3. The van der Waals surface area contributed by atoms with Crippen LogP contribution in [0.1, 0.15) is 27.4 Å². The maximum Gasteiger partial charge on any atom is 0.339 e. The Hall–Kier alpha value is -2.76. The van der Waals surface area contributed by atoms with Crippen LogP contribution in [-0.4, -0.2) is 23.6 Å². The molecular formula is C17H17NO5. The molecule has 0 bridgehead atoms. The number of carbonyl (C=O) groups excluding carboxylic acids is 1. The Bertz CT molecular complexity index is 749. The minimum atomic E-state index is -1.04. The van der Waals surface area contributed by atoms with Gasteiger partial charge in [-0.05, 0) is 31.0 Å². The predicted molar refractivity (Wildman–Crippen MR) is 81.4 cm³/mol. The van der Waals surface area contributed by atoms with E-state index in [0.29, 0.717) is 24.5 Å². The number of nitrogens with one attached hydrogen (secondary N) is 1. The van der Waals surface area contributed by atoms with E-state index in [0.717, 1.165) is 11.3 Å². The van der Waals surface area contributed by atoms with E-state index in [1.54, 1.807) is 6.92 Å². The highest BCUT2D eigenvalue weighted by molar-refractivity contribution is 5.88. The number of aromatic carboxylic acids is 1. The molecule has 0 radical (unpaired) electrons. The quantitative estimate of drug-likeness (QED) is 0.902. The first-order chi connectivity index (χ1) is 11.0. The fraction of sp³-hybridized carbons (Fsp3) is 0.294. The second-order valence-electron chi connectivity index (χ2n) is 5.53. The van der Waals surface area contributed by atoms with Crippen LogP contribution in [0.3, 0.4) is 0 Å². The van der Waals surface area contributed by atoms with Crippen molar-refractivity contribution in [1.82, 2.24) is 5.32 Å². The Labute approximate surface area is 133 Å². The minimum Gasteiger partial charge on any atom is -0.492 e. The summed E-state index contributed by atoms with van der Waals surface area (Å²) >= 11 is 0. The lowest BCUT2D eigenvalue weighted by molar-refractivity contribution is -0.126. The van der Waals surface area contributed by atoms with Crippen molar-refractivity contribution in [3.63, 3.8) is 0 Å². The first-order valence-corrected chi connectivity index (χ1v) is 7.35. The van der Waals surface area contributed by atoms with E-state index < -0.39 is 5.97 Å². The van der Waals surface area contributed by atoms with Crippen molar-refractivity contribution in [2.75, 3.05) is 6.61 Å². The molecule has 1 atom stereocenters. The number of hydrogen-bond donors (Lipinski definition) is 2. The van der Waals surface area contributed by atoms with E-state index in [9.17, 15) is 9.59 Å². The first kappa shape index (κ1) is 15.1. The van der Waals surface area contributed by atoms with Gasteiger partial charge in [-0.3, -0.25) is 4.79 Å². The Morgan fingerprint density at radius 1 is 1.35 bits per heavy atom. The van der Waals surface area contributed by atoms with Crippen molar-refractivity contribution < 1.29 is 23.8 Å². The second kappa shape index (κ2) is 6.16. The van der Waals surface area contributed by atoms with Crippen molar-refractivity contribution >= 4 is 11.9 Å². The molecule has 2 heterocycles. The van der Waals surface area contributed by atoms with Crippen LogP contribution in [0.25, 0.3) is 0 Å². The van der Waals surface area contributed by atoms with Crippen LogP contribution in [0.5, 0.6) is 5.75 Å². The molecule has 120 valence electrons. The van der Waals surface area contributed by atoms with Gasteiger partial charge in [0.25, 0.3) is 0 Å². The molecular weight excluding hydrogens is 298 g/mol. The summed E-state index contributed by atoms with van der Waals surface area (Å²) in [4.78, 5) is 23.2. The average Bonchev–Trinajstić information content (AvgIpc) is 2.93. The van der Waals surface area contributed by atoms with Crippen molar-refractivity contribution in [2.24, 2.45) is 5.92 Å². The number of aryl methyl sites for hydroxylation is 1. The summed E-state index contributed by atoms with van der Waals surface area (Å²) in [5.41, 5.74) is 1.13. The van der Waals surface area contributed by atoms with E-state index in [1.165, 1.54) is 6.07 Å². The Morgan fingerprint density at radius 3 is 2.87 bits per heavy atom. The molecule has 1 aliphatic rings. The normalized spacial score (nSPS) is 16.3. The number of para-hydroxylation sites is 1. The molecule has 1 aliphatic heterocycles. The summed E-state index contributed by atoms with van der Waals surface area (Å²) < 4.78 is 10.9. The van der Waals surface area contributed by atoms with Gasteiger partial charge in [0, 0.05) is 0 Å². The molecule has 2 N–H and O–H groups in total. The first-order valence-electron chi connectivity index (χ1n) is 7.35. The summed E-state index contributed by atoms with van der Waals surface area (Å²) in [6.07, 6.45) is 0.625. The fourth-order valence-corrected chi connectivity index (χ4v) is 2.66. The number of rotatable bonds is 4. The lowest BCUT2D eigenvalue weighted by Gasteiger charge is -2.24. The number of carboxylic acid groups (broad SMARTS) is 1. The molecule has 0 fully saturated rings. The molecule has 2 aromatic rings. The van der Waals surface area contributed by atoms with Gasteiger partial charge in [0.1, 0.15) is 29.4 Å². The van der Waals surface area contributed by atoms with Gasteiger partial charge in [-0.25, -0.2) is 4.79 Å². The number of amides is 1. The minimum absolute atomic E-state index is 0.115. The average molecular weight is 315 g/mol. The Kier molecular flexibility index (Phi) is 4.06. The molecule has 6 heteroatoms. The van der Waals surface area contributed by atoms with Gasteiger partial charge >= 0.3 is 5.97 Å². The van der Waals surface area contributed by atoms with Gasteiger partial charge in [0.05, 0.1) is 12.5 Å². The van der Waals surface area contributed by atoms with E-state index in [2.05, 4.69) is 5.32 Å². The van der Waals surface area contributed by atoms with Crippen LogP contribution in [0.2, 0.25) is 0 Å². The number of carbonyl (C=O) groups is 2. The lowest BCUT2D eigenvalue weighted by Crippen LogP contribution is -2.36. The third-order valence-corrected chi connectivity index (χ3v) is 3.89. The maximum absolute atomic E-state index is 12.3. The molecule has 3 rings (SSSR count). The molecule has 0 spiro atoms. The van der Waals surface area contributed by atoms with E-state index in [4.69, 9.17) is 14.3 Å². The van der Waals surface area contributed by atoms with E-state index >= 15 is 0 Å². The third-order valence-electron chi connectivity index (χ3n) is 3.89. The summed E-state index contributed by atoms with van der Waals surface area (Å²) in [7, 11) is 0. The molecule has 0 unspecified atom stereocenters. The lowest BCUT2D eigenvalue weighted by atomic mass is 9.96. The van der Waals surface area contributed by atoms with Crippen molar-refractivity contribution in [3.05, 3.63) is 53.0 Å². The molecule has 1 amide bonds. The highest BCUT2D eigenvalue weighted by Crippen LogP contribution is 2.26. The molecule has 0 saturated heterocycles. The van der Waals surface area contributed by atoms with Crippen LogP contribution < -0.4 is 10.1 Å². The van der Waals surface area contributed by atoms with Crippen molar-refractivity contribution in [3.8, 4) is 5.75 Å². The zero-order valence-electron chi connectivity index (χ0n) is 12.7. The van der Waals surface area contributed by atoms with E-state index in [1.807, 2.05) is 24.3 Å². The monoisotopic (exact) mass is 315 g/mol. The Morgan fingerprint density at radius 2 is 2.13 bits per heavy atom. The largest absolute Gasteiger partial charge is 0.492 e. The standard InChI is InChI=1S/C17H17NO5/c1-10-14(17(20)21)7-13(23-10)8-18-16(19)12-6-11-4-2-3-5-15(11)22-9-12/h2-5,7,12H,6,8-9H2,1H3,(H,18,19)(H,20,21)/t12-/m1/s1. The second-order valence-corrected chi connectivity index (χ2v) is 5.53. The number of furan rings is 1. The van der Waals surface area contributed by atoms with Crippen molar-refractivity contribution in [1.29, 1.82) is 0 Å². The van der Waals surface area contributed by atoms with E-state index in [-0.39, 0.29) is 23.9 Å². The summed E-state index contributed by atoms with van der Waals surface area (Å²) in [5, 5.41) is 11.8. The van der Waals surface area contributed by atoms with Gasteiger partial charge in [-0.2, -0.15) is 0 Å².